The molecule has 0 aromatic heterocycles. The van der Waals surface area contributed by atoms with Crippen LogP contribution in [-0.2, 0) is 14.3 Å². The molecule has 0 radical (unpaired) electrons. The van der Waals surface area contributed by atoms with Gasteiger partial charge in [0.05, 0.1) is 24.7 Å². The average Bonchev–Trinajstić information content (AvgIpc) is 2.30. The van der Waals surface area contributed by atoms with E-state index in [9.17, 15) is 4.79 Å². The zero-order chi connectivity index (χ0) is 12.9. The first kappa shape index (κ1) is 14.4. The minimum atomic E-state index is -0.406. The van der Waals surface area contributed by atoms with Crippen LogP contribution in [0.15, 0.2) is 0 Å². The fraction of sp³-hybridized carbons (Fsp3) is 0.917. The lowest BCUT2D eigenvalue weighted by molar-refractivity contribution is -0.137. The summed E-state index contributed by atoms with van der Waals surface area (Å²) in [7, 11) is 3.44. The zero-order valence-corrected chi connectivity index (χ0v) is 11.3. The first-order valence-electron chi connectivity index (χ1n) is 6.06. The average molecular weight is 244 g/mol. The van der Waals surface area contributed by atoms with Gasteiger partial charge in [-0.15, -0.1) is 0 Å². The summed E-state index contributed by atoms with van der Waals surface area (Å²) in [5.74, 6) is 0.0889. The zero-order valence-electron chi connectivity index (χ0n) is 11.3. The Morgan fingerprint density at radius 1 is 1.59 bits per heavy atom. The molecule has 1 aliphatic rings. The lowest BCUT2D eigenvalue weighted by Crippen LogP contribution is -2.46. The number of morpholine rings is 1. The Labute approximate surface area is 103 Å². The van der Waals surface area contributed by atoms with E-state index in [1.54, 1.807) is 12.0 Å². The molecule has 0 aliphatic carbocycles. The van der Waals surface area contributed by atoms with Gasteiger partial charge < -0.3 is 19.7 Å². The molecule has 0 aromatic carbocycles. The van der Waals surface area contributed by atoms with Crippen LogP contribution in [0.2, 0.25) is 0 Å². The molecular formula is C12H24N2O3. The molecule has 1 unspecified atom stereocenters. The molecule has 1 saturated heterocycles. The minimum Gasteiger partial charge on any atom is -0.378 e. The number of ether oxygens (including phenoxy) is 2. The van der Waals surface area contributed by atoms with Crippen molar-refractivity contribution < 1.29 is 14.3 Å². The van der Waals surface area contributed by atoms with Crippen LogP contribution in [0.4, 0.5) is 0 Å². The van der Waals surface area contributed by atoms with Gasteiger partial charge in [-0.2, -0.15) is 0 Å². The topological polar surface area (TPSA) is 50.8 Å². The van der Waals surface area contributed by atoms with Crippen LogP contribution in [0, 0.1) is 0 Å². The molecule has 0 spiro atoms. The Bertz CT molecular complexity index is 250. The van der Waals surface area contributed by atoms with Crippen molar-refractivity contribution in [2.45, 2.75) is 32.0 Å². The molecule has 1 amide bonds. The smallest absolute Gasteiger partial charge is 0.225 e. The van der Waals surface area contributed by atoms with Crippen LogP contribution in [0.25, 0.3) is 0 Å². The molecule has 1 aliphatic heterocycles. The highest BCUT2D eigenvalue weighted by molar-refractivity contribution is 5.76. The predicted octanol–water partition coefficient (Wildman–Crippen LogP) is 0.248. The lowest BCUT2D eigenvalue weighted by Gasteiger charge is -2.30. The van der Waals surface area contributed by atoms with E-state index in [2.05, 4.69) is 5.32 Å². The van der Waals surface area contributed by atoms with E-state index in [1.807, 2.05) is 20.9 Å². The van der Waals surface area contributed by atoms with Gasteiger partial charge >= 0.3 is 0 Å². The van der Waals surface area contributed by atoms with Gasteiger partial charge in [0.1, 0.15) is 0 Å². The third-order valence-electron chi connectivity index (χ3n) is 3.04. The Balaban J connectivity index is 2.35. The van der Waals surface area contributed by atoms with Gasteiger partial charge in [-0.25, -0.2) is 0 Å². The fourth-order valence-corrected chi connectivity index (χ4v) is 1.72. The Hall–Kier alpha value is -0.650. The van der Waals surface area contributed by atoms with E-state index in [0.29, 0.717) is 13.0 Å². The second-order valence-electron chi connectivity index (χ2n) is 5.11. The number of nitrogens with one attached hydrogen (secondary N) is 1. The van der Waals surface area contributed by atoms with Gasteiger partial charge in [0.15, 0.2) is 0 Å². The predicted molar refractivity (Wildman–Crippen MR) is 66.0 cm³/mol. The third kappa shape index (κ3) is 5.02. The van der Waals surface area contributed by atoms with Gasteiger partial charge in [0.2, 0.25) is 5.91 Å². The maximum absolute atomic E-state index is 12.0. The van der Waals surface area contributed by atoms with Gasteiger partial charge in [-0.1, -0.05) is 0 Å². The molecule has 17 heavy (non-hydrogen) atoms. The molecule has 1 fully saturated rings. The molecule has 1 N–H and O–H groups in total. The molecule has 1 heterocycles. The van der Waals surface area contributed by atoms with Gasteiger partial charge in [-0.05, 0) is 13.8 Å². The van der Waals surface area contributed by atoms with E-state index in [4.69, 9.17) is 9.47 Å². The van der Waals surface area contributed by atoms with Crippen molar-refractivity contribution in [2.24, 2.45) is 0 Å². The van der Waals surface area contributed by atoms with Crippen LogP contribution in [0.1, 0.15) is 20.3 Å². The van der Waals surface area contributed by atoms with Crippen LogP contribution in [0.3, 0.4) is 0 Å². The van der Waals surface area contributed by atoms with Gasteiger partial charge in [0, 0.05) is 33.8 Å². The monoisotopic (exact) mass is 244 g/mol. The summed E-state index contributed by atoms with van der Waals surface area (Å²) in [6.45, 7) is 6.88. The molecule has 1 rings (SSSR count). The molecule has 5 heteroatoms. The largest absolute Gasteiger partial charge is 0.378 e. The normalized spacial score (nSPS) is 21.3. The minimum absolute atomic E-state index is 0.0889. The van der Waals surface area contributed by atoms with Crippen molar-refractivity contribution in [3.8, 4) is 0 Å². The highest BCUT2D eigenvalue weighted by Gasteiger charge is 2.25. The van der Waals surface area contributed by atoms with E-state index in [0.717, 1.165) is 19.7 Å². The number of hydrogen-bond acceptors (Lipinski definition) is 4. The van der Waals surface area contributed by atoms with Crippen LogP contribution in [-0.4, -0.2) is 62.9 Å². The third-order valence-corrected chi connectivity index (χ3v) is 3.04. The fourth-order valence-electron chi connectivity index (χ4n) is 1.72. The number of carbonyl (C=O) groups is 1. The summed E-state index contributed by atoms with van der Waals surface area (Å²) < 4.78 is 10.8. The van der Waals surface area contributed by atoms with Crippen molar-refractivity contribution in [3.05, 3.63) is 0 Å². The van der Waals surface area contributed by atoms with Crippen LogP contribution < -0.4 is 5.32 Å². The summed E-state index contributed by atoms with van der Waals surface area (Å²) in [5, 5.41) is 3.25. The summed E-state index contributed by atoms with van der Waals surface area (Å²) in [6, 6.07) is 0. The van der Waals surface area contributed by atoms with E-state index in [-0.39, 0.29) is 12.0 Å². The quantitative estimate of drug-likeness (QED) is 0.753. The summed E-state index contributed by atoms with van der Waals surface area (Å²) >= 11 is 0. The Kier molecular flexibility index (Phi) is 5.36. The maximum atomic E-state index is 12.0. The van der Waals surface area contributed by atoms with Crippen molar-refractivity contribution in [2.75, 3.05) is 40.4 Å². The van der Waals surface area contributed by atoms with E-state index < -0.39 is 5.60 Å². The first-order valence-corrected chi connectivity index (χ1v) is 6.06. The molecule has 0 aromatic rings. The molecule has 1 atom stereocenters. The maximum Gasteiger partial charge on any atom is 0.225 e. The first-order chi connectivity index (χ1) is 7.94. The number of nitrogens with zero attached hydrogens (tertiary/aromatic N) is 1. The standard InChI is InChI=1S/C12H24N2O3/c1-12(2,16-4)7-11(15)14(3)9-10-8-13-5-6-17-10/h10,13H,5-9H2,1-4H3. The molecule has 5 nitrogen and oxygen atoms in total. The highest BCUT2D eigenvalue weighted by atomic mass is 16.5. The number of amides is 1. The number of carbonyl (C=O) groups excluding carboxylic acids is 1. The van der Waals surface area contributed by atoms with Crippen molar-refractivity contribution in [3.63, 3.8) is 0 Å². The van der Waals surface area contributed by atoms with Crippen LogP contribution >= 0.6 is 0 Å². The van der Waals surface area contributed by atoms with Crippen LogP contribution in [0.5, 0.6) is 0 Å². The Morgan fingerprint density at radius 2 is 2.29 bits per heavy atom. The lowest BCUT2D eigenvalue weighted by atomic mass is 10.0. The van der Waals surface area contributed by atoms with Crippen molar-refractivity contribution in [1.29, 1.82) is 0 Å². The Morgan fingerprint density at radius 3 is 2.82 bits per heavy atom. The van der Waals surface area contributed by atoms with E-state index in [1.165, 1.54) is 0 Å². The number of rotatable bonds is 5. The van der Waals surface area contributed by atoms with Gasteiger partial charge in [0.25, 0.3) is 0 Å². The molecular weight excluding hydrogens is 220 g/mol. The SMILES string of the molecule is COC(C)(C)CC(=O)N(C)CC1CNCCO1. The number of likely N-dealkylation sites (N-methyl/N-ethyl adjacent to an activating group) is 1. The highest BCUT2D eigenvalue weighted by Crippen LogP contribution is 2.14. The second kappa shape index (κ2) is 6.33. The molecule has 0 saturated carbocycles. The summed E-state index contributed by atoms with van der Waals surface area (Å²) in [4.78, 5) is 13.7. The summed E-state index contributed by atoms with van der Waals surface area (Å²) in [6.07, 6.45) is 0.489. The molecule has 0 bridgehead atoms. The van der Waals surface area contributed by atoms with E-state index >= 15 is 0 Å². The number of hydrogen-bond donors (Lipinski definition) is 1. The molecule has 100 valence electrons. The second-order valence-corrected chi connectivity index (χ2v) is 5.11. The summed E-state index contributed by atoms with van der Waals surface area (Å²) in [5.41, 5.74) is -0.406. The van der Waals surface area contributed by atoms with Crippen molar-refractivity contribution in [1.82, 2.24) is 10.2 Å². The number of methoxy groups -OCH3 is 1. The van der Waals surface area contributed by atoms with Gasteiger partial charge in [-0.3, -0.25) is 4.79 Å². The van der Waals surface area contributed by atoms with Crippen molar-refractivity contribution >= 4 is 5.91 Å².